The second kappa shape index (κ2) is 4.85. The smallest absolute Gasteiger partial charge is 0.292 e. The van der Waals surface area contributed by atoms with Gasteiger partial charge in [-0.15, -0.1) is 0 Å². The minimum atomic E-state index is -0.633. The molecule has 0 spiro atoms. The molecule has 2 N–H and O–H groups in total. The van der Waals surface area contributed by atoms with Crippen LogP contribution in [-0.2, 0) is 0 Å². The van der Waals surface area contributed by atoms with Gasteiger partial charge in [0.25, 0.3) is 5.69 Å². The Kier molecular flexibility index (Phi) is 3.24. The number of carbonyl (C=O) groups is 1. The van der Waals surface area contributed by atoms with Crippen molar-refractivity contribution in [2.75, 3.05) is 5.73 Å². The summed E-state index contributed by atoms with van der Waals surface area (Å²) >= 11 is 0. The minimum absolute atomic E-state index is 0.104. The first-order valence-electron chi connectivity index (χ1n) is 5.33. The normalized spacial score (nSPS) is 10.2. The van der Waals surface area contributed by atoms with E-state index in [1.807, 2.05) is 0 Å². The molecule has 0 amide bonds. The van der Waals surface area contributed by atoms with Crippen molar-refractivity contribution in [2.45, 2.75) is 0 Å². The maximum Gasteiger partial charge on any atom is 0.292 e. The first-order valence-corrected chi connectivity index (χ1v) is 5.33. The fraction of sp³-hybridized carbons (Fsp3) is 0. The Morgan fingerprint density at radius 2 is 1.84 bits per heavy atom. The Labute approximate surface area is 107 Å². The van der Waals surface area contributed by atoms with Crippen LogP contribution in [0.4, 0.5) is 15.8 Å². The standard InChI is InChI=1S/C13H9FN2O3/c14-10-3-1-2-8(6-10)13(17)9-4-5-12(16(18)19)11(15)7-9/h1-7H,15H2. The van der Waals surface area contributed by atoms with E-state index in [2.05, 4.69) is 0 Å². The van der Waals surface area contributed by atoms with Crippen molar-refractivity contribution in [3.63, 3.8) is 0 Å². The number of nitrogen functional groups attached to an aromatic ring is 1. The van der Waals surface area contributed by atoms with Crippen molar-refractivity contribution >= 4 is 17.2 Å². The van der Waals surface area contributed by atoms with E-state index >= 15 is 0 Å². The molecule has 2 aromatic rings. The Bertz CT molecular complexity index is 671. The number of nitrogens with two attached hydrogens (primary N) is 1. The van der Waals surface area contributed by atoms with Crippen molar-refractivity contribution in [1.29, 1.82) is 0 Å². The number of ketones is 1. The zero-order valence-corrected chi connectivity index (χ0v) is 9.67. The third-order valence-corrected chi connectivity index (χ3v) is 2.57. The molecule has 19 heavy (non-hydrogen) atoms. The van der Waals surface area contributed by atoms with Gasteiger partial charge in [-0.1, -0.05) is 12.1 Å². The summed E-state index contributed by atoms with van der Waals surface area (Å²) in [6.07, 6.45) is 0. The number of hydrogen-bond acceptors (Lipinski definition) is 4. The van der Waals surface area contributed by atoms with Gasteiger partial charge in [0.15, 0.2) is 5.78 Å². The lowest BCUT2D eigenvalue weighted by molar-refractivity contribution is -0.383. The maximum absolute atomic E-state index is 13.0. The highest BCUT2D eigenvalue weighted by Gasteiger charge is 2.15. The van der Waals surface area contributed by atoms with Crippen LogP contribution in [0.2, 0.25) is 0 Å². The van der Waals surface area contributed by atoms with Crippen LogP contribution in [0.25, 0.3) is 0 Å². The highest BCUT2D eigenvalue weighted by atomic mass is 19.1. The lowest BCUT2D eigenvalue weighted by Crippen LogP contribution is -2.04. The molecule has 0 aromatic heterocycles. The third kappa shape index (κ3) is 2.57. The molecule has 5 nitrogen and oxygen atoms in total. The fourth-order valence-electron chi connectivity index (χ4n) is 1.66. The lowest BCUT2D eigenvalue weighted by Gasteiger charge is -2.03. The molecule has 0 saturated carbocycles. The number of nitro groups is 1. The summed E-state index contributed by atoms with van der Waals surface area (Å²) in [6.45, 7) is 0. The molecular weight excluding hydrogens is 251 g/mol. The molecule has 0 fully saturated rings. The SMILES string of the molecule is Nc1cc(C(=O)c2cccc(F)c2)ccc1[N+](=O)[O-]. The average molecular weight is 260 g/mol. The van der Waals surface area contributed by atoms with Gasteiger partial charge < -0.3 is 5.73 Å². The number of anilines is 1. The van der Waals surface area contributed by atoms with Gasteiger partial charge in [0.1, 0.15) is 11.5 Å². The summed E-state index contributed by atoms with van der Waals surface area (Å²) in [4.78, 5) is 22.0. The van der Waals surface area contributed by atoms with Gasteiger partial charge in [0, 0.05) is 17.2 Å². The molecule has 96 valence electrons. The van der Waals surface area contributed by atoms with Crippen LogP contribution in [0.3, 0.4) is 0 Å². The molecule has 2 aromatic carbocycles. The monoisotopic (exact) mass is 260 g/mol. The second-order valence-corrected chi connectivity index (χ2v) is 3.87. The average Bonchev–Trinajstić information content (AvgIpc) is 2.37. The number of nitro benzene ring substituents is 1. The van der Waals surface area contributed by atoms with Gasteiger partial charge >= 0.3 is 0 Å². The van der Waals surface area contributed by atoms with E-state index in [-0.39, 0.29) is 22.5 Å². The zero-order chi connectivity index (χ0) is 14.0. The Morgan fingerprint density at radius 3 is 2.42 bits per heavy atom. The first-order chi connectivity index (χ1) is 8.99. The van der Waals surface area contributed by atoms with Crippen molar-refractivity contribution in [2.24, 2.45) is 0 Å². The van der Waals surface area contributed by atoms with E-state index in [0.29, 0.717) is 0 Å². The second-order valence-electron chi connectivity index (χ2n) is 3.87. The van der Waals surface area contributed by atoms with Crippen LogP contribution in [0.1, 0.15) is 15.9 Å². The van der Waals surface area contributed by atoms with Gasteiger partial charge in [-0.3, -0.25) is 14.9 Å². The molecule has 0 saturated heterocycles. The number of halogens is 1. The quantitative estimate of drug-likeness (QED) is 0.397. The topological polar surface area (TPSA) is 86.2 Å². The molecule has 0 atom stereocenters. The molecule has 0 radical (unpaired) electrons. The van der Waals surface area contributed by atoms with Crippen LogP contribution >= 0.6 is 0 Å². The van der Waals surface area contributed by atoms with Crippen molar-refractivity contribution in [3.8, 4) is 0 Å². The molecule has 6 heteroatoms. The molecule has 0 bridgehead atoms. The predicted octanol–water partition coefficient (Wildman–Crippen LogP) is 2.55. The summed E-state index contributed by atoms with van der Waals surface area (Å²) in [7, 11) is 0. The number of nitrogens with zero attached hydrogens (tertiary/aromatic N) is 1. The maximum atomic E-state index is 13.0. The van der Waals surface area contributed by atoms with Crippen LogP contribution in [0, 0.1) is 15.9 Å². The van der Waals surface area contributed by atoms with E-state index in [0.717, 1.165) is 12.1 Å². The van der Waals surface area contributed by atoms with Gasteiger partial charge in [-0.05, 0) is 24.3 Å². The number of benzene rings is 2. The van der Waals surface area contributed by atoms with E-state index in [9.17, 15) is 19.3 Å². The van der Waals surface area contributed by atoms with E-state index in [1.54, 1.807) is 0 Å². The van der Waals surface area contributed by atoms with E-state index < -0.39 is 16.5 Å². The summed E-state index contributed by atoms with van der Waals surface area (Å²) < 4.78 is 13.0. The van der Waals surface area contributed by atoms with Gasteiger partial charge in [-0.2, -0.15) is 0 Å². The summed E-state index contributed by atoms with van der Waals surface area (Å²) in [5, 5.41) is 10.6. The molecule has 2 rings (SSSR count). The third-order valence-electron chi connectivity index (χ3n) is 2.57. The Morgan fingerprint density at radius 1 is 1.16 bits per heavy atom. The van der Waals surface area contributed by atoms with Crippen molar-refractivity contribution in [1.82, 2.24) is 0 Å². The first kappa shape index (κ1) is 12.7. The Hall–Kier alpha value is -2.76. The van der Waals surface area contributed by atoms with Gasteiger partial charge in [-0.25, -0.2) is 4.39 Å². The zero-order valence-electron chi connectivity index (χ0n) is 9.67. The van der Waals surface area contributed by atoms with E-state index in [4.69, 9.17) is 5.73 Å². The number of hydrogen-bond donors (Lipinski definition) is 1. The van der Waals surface area contributed by atoms with Crippen molar-refractivity contribution < 1.29 is 14.1 Å². The summed E-state index contributed by atoms with van der Waals surface area (Å²) in [5.41, 5.74) is 5.46. The number of carbonyl (C=O) groups excluding carboxylic acids is 1. The Balaban J connectivity index is 2.40. The molecule has 0 aliphatic rings. The van der Waals surface area contributed by atoms with E-state index in [1.165, 1.54) is 30.3 Å². The highest BCUT2D eigenvalue weighted by Crippen LogP contribution is 2.23. The highest BCUT2D eigenvalue weighted by molar-refractivity contribution is 6.09. The summed E-state index contributed by atoms with van der Waals surface area (Å²) in [5.74, 6) is -0.971. The molecule has 0 aliphatic heterocycles. The summed E-state index contributed by atoms with van der Waals surface area (Å²) in [6, 6.07) is 8.86. The van der Waals surface area contributed by atoms with Gasteiger partial charge in [0.2, 0.25) is 0 Å². The molecule has 0 unspecified atom stereocenters. The lowest BCUT2D eigenvalue weighted by atomic mass is 10.0. The van der Waals surface area contributed by atoms with Gasteiger partial charge in [0.05, 0.1) is 4.92 Å². The molecule has 0 aliphatic carbocycles. The number of rotatable bonds is 3. The van der Waals surface area contributed by atoms with Crippen LogP contribution in [0.5, 0.6) is 0 Å². The fourth-order valence-corrected chi connectivity index (χ4v) is 1.66. The predicted molar refractivity (Wildman–Crippen MR) is 67.3 cm³/mol. The van der Waals surface area contributed by atoms with Crippen LogP contribution < -0.4 is 5.73 Å². The molecule has 0 heterocycles. The largest absolute Gasteiger partial charge is 0.393 e. The van der Waals surface area contributed by atoms with Crippen molar-refractivity contribution in [3.05, 3.63) is 69.5 Å². The van der Waals surface area contributed by atoms with Crippen LogP contribution in [0.15, 0.2) is 42.5 Å². The molecular formula is C13H9FN2O3. The van der Waals surface area contributed by atoms with Crippen LogP contribution in [-0.4, -0.2) is 10.7 Å². The minimum Gasteiger partial charge on any atom is -0.393 e.